The summed E-state index contributed by atoms with van der Waals surface area (Å²) >= 11 is 0. The summed E-state index contributed by atoms with van der Waals surface area (Å²) in [5, 5.41) is 0. The summed E-state index contributed by atoms with van der Waals surface area (Å²) in [6.07, 6.45) is 0.810. The Kier molecular flexibility index (Phi) is 5.35. The zero-order valence-electron chi connectivity index (χ0n) is 12.2. The van der Waals surface area contributed by atoms with Crippen LogP contribution in [0.2, 0.25) is 0 Å². The fraction of sp³-hybridized carbons (Fsp3) is 0.235. The number of para-hydroxylation sites is 1. The van der Waals surface area contributed by atoms with Crippen LogP contribution in [0.3, 0.4) is 0 Å². The van der Waals surface area contributed by atoms with Crippen molar-refractivity contribution in [3.8, 4) is 22.6 Å². The summed E-state index contributed by atoms with van der Waals surface area (Å²) in [6.45, 7) is 2.62. The Morgan fingerprint density at radius 3 is 2.62 bits per heavy atom. The molecule has 0 bridgehead atoms. The van der Waals surface area contributed by atoms with Crippen LogP contribution in [0.4, 0.5) is 0 Å². The molecule has 2 aromatic carbocycles. The molecule has 0 saturated carbocycles. The molecule has 0 radical (unpaired) electrons. The SMILES string of the molecule is CCOc1cc(C=O)cc(-c2ccccc2OCOC)c1. The predicted octanol–water partition coefficient (Wildman–Crippen LogP) is 3.55. The lowest BCUT2D eigenvalue weighted by Gasteiger charge is -2.12. The fourth-order valence-corrected chi connectivity index (χ4v) is 2.05. The molecule has 0 heterocycles. The van der Waals surface area contributed by atoms with Gasteiger partial charge in [-0.1, -0.05) is 18.2 Å². The Labute approximate surface area is 124 Å². The van der Waals surface area contributed by atoms with Gasteiger partial charge in [-0.3, -0.25) is 4.79 Å². The zero-order valence-corrected chi connectivity index (χ0v) is 12.2. The number of benzene rings is 2. The highest BCUT2D eigenvalue weighted by Gasteiger charge is 2.09. The second kappa shape index (κ2) is 7.45. The third-order valence-corrected chi connectivity index (χ3v) is 2.91. The van der Waals surface area contributed by atoms with Gasteiger partial charge < -0.3 is 14.2 Å². The van der Waals surface area contributed by atoms with E-state index in [1.807, 2.05) is 43.3 Å². The lowest BCUT2D eigenvalue weighted by molar-refractivity contribution is 0.0515. The van der Waals surface area contributed by atoms with Crippen LogP contribution >= 0.6 is 0 Å². The highest BCUT2D eigenvalue weighted by molar-refractivity contribution is 5.81. The predicted molar refractivity (Wildman–Crippen MR) is 80.9 cm³/mol. The summed E-state index contributed by atoms with van der Waals surface area (Å²) < 4.78 is 16.0. The van der Waals surface area contributed by atoms with Crippen LogP contribution < -0.4 is 9.47 Å². The maximum Gasteiger partial charge on any atom is 0.188 e. The number of methoxy groups -OCH3 is 1. The van der Waals surface area contributed by atoms with Crippen molar-refractivity contribution >= 4 is 6.29 Å². The molecule has 0 unspecified atom stereocenters. The topological polar surface area (TPSA) is 44.8 Å². The van der Waals surface area contributed by atoms with Gasteiger partial charge in [0.05, 0.1) is 6.61 Å². The van der Waals surface area contributed by atoms with E-state index >= 15 is 0 Å². The van der Waals surface area contributed by atoms with E-state index in [1.165, 1.54) is 0 Å². The summed E-state index contributed by atoms with van der Waals surface area (Å²) in [6, 6.07) is 13.0. The Bertz CT molecular complexity index is 607. The van der Waals surface area contributed by atoms with Gasteiger partial charge in [-0.25, -0.2) is 0 Å². The summed E-state index contributed by atoms with van der Waals surface area (Å²) in [7, 11) is 1.57. The molecule has 0 aliphatic heterocycles. The molecule has 21 heavy (non-hydrogen) atoms. The van der Waals surface area contributed by atoms with Gasteiger partial charge in [0, 0.05) is 18.2 Å². The second-order valence-corrected chi connectivity index (χ2v) is 4.39. The molecule has 2 rings (SSSR count). The molecule has 0 saturated heterocycles. The third-order valence-electron chi connectivity index (χ3n) is 2.91. The van der Waals surface area contributed by atoms with Crippen molar-refractivity contribution in [2.75, 3.05) is 20.5 Å². The average Bonchev–Trinajstić information content (AvgIpc) is 2.53. The van der Waals surface area contributed by atoms with Crippen LogP contribution in [-0.4, -0.2) is 26.8 Å². The number of carbonyl (C=O) groups excluding carboxylic acids is 1. The number of carbonyl (C=O) groups is 1. The third kappa shape index (κ3) is 3.83. The number of aldehydes is 1. The minimum absolute atomic E-state index is 0.169. The van der Waals surface area contributed by atoms with Crippen LogP contribution in [0.25, 0.3) is 11.1 Å². The van der Waals surface area contributed by atoms with Crippen molar-refractivity contribution in [1.29, 1.82) is 0 Å². The molecule has 0 fully saturated rings. The first-order chi connectivity index (χ1) is 10.3. The molecule has 0 amide bonds. The van der Waals surface area contributed by atoms with E-state index in [-0.39, 0.29) is 6.79 Å². The van der Waals surface area contributed by atoms with E-state index in [1.54, 1.807) is 13.2 Å². The van der Waals surface area contributed by atoms with E-state index in [4.69, 9.17) is 14.2 Å². The van der Waals surface area contributed by atoms with Crippen molar-refractivity contribution < 1.29 is 19.0 Å². The van der Waals surface area contributed by atoms with Gasteiger partial charge in [0.2, 0.25) is 0 Å². The minimum Gasteiger partial charge on any atom is -0.494 e. The molecule has 4 nitrogen and oxygen atoms in total. The standard InChI is InChI=1S/C17H18O4/c1-3-20-15-9-13(11-18)8-14(10-15)16-6-4-5-7-17(16)21-12-19-2/h4-11H,3,12H2,1-2H3. The molecule has 0 aromatic heterocycles. The first-order valence-electron chi connectivity index (χ1n) is 6.72. The van der Waals surface area contributed by atoms with Crippen LogP contribution in [0.15, 0.2) is 42.5 Å². The van der Waals surface area contributed by atoms with Crippen LogP contribution in [0.5, 0.6) is 11.5 Å². The van der Waals surface area contributed by atoms with Gasteiger partial charge in [0.15, 0.2) is 6.79 Å². The molecule has 0 N–H and O–H groups in total. The van der Waals surface area contributed by atoms with E-state index in [0.29, 0.717) is 23.7 Å². The largest absolute Gasteiger partial charge is 0.494 e. The van der Waals surface area contributed by atoms with E-state index in [2.05, 4.69) is 0 Å². The normalized spacial score (nSPS) is 10.2. The maximum atomic E-state index is 11.1. The quantitative estimate of drug-likeness (QED) is 0.577. The lowest BCUT2D eigenvalue weighted by Crippen LogP contribution is -2.00. The Morgan fingerprint density at radius 1 is 1.10 bits per heavy atom. The van der Waals surface area contributed by atoms with Crippen molar-refractivity contribution in [3.05, 3.63) is 48.0 Å². The summed E-state index contributed by atoms with van der Waals surface area (Å²) in [5.74, 6) is 1.36. The van der Waals surface area contributed by atoms with Crippen molar-refractivity contribution in [2.24, 2.45) is 0 Å². The van der Waals surface area contributed by atoms with Crippen molar-refractivity contribution in [3.63, 3.8) is 0 Å². The lowest BCUT2D eigenvalue weighted by atomic mass is 10.0. The molecule has 0 spiro atoms. The zero-order chi connectivity index (χ0) is 15.1. The molecule has 110 valence electrons. The Morgan fingerprint density at radius 2 is 1.90 bits per heavy atom. The van der Waals surface area contributed by atoms with E-state index in [0.717, 1.165) is 17.4 Å². The van der Waals surface area contributed by atoms with Gasteiger partial charge >= 0.3 is 0 Å². The first kappa shape index (κ1) is 15.1. The van der Waals surface area contributed by atoms with Gasteiger partial charge in [-0.15, -0.1) is 0 Å². The van der Waals surface area contributed by atoms with E-state index in [9.17, 15) is 4.79 Å². The maximum absolute atomic E-state index is 11.1. The van der Waals surface area contributed by atoms with Crippen LogP contribution in [0, 0.1) is 0 Å². The smallest absolute Gasteiger partial charge is 0.188 e. The first-order valence-corrected chi connectivity index (χ1v) is 6.72. The van der Waals surface area contributed by atoms with Gasteiger partial charge in [0.25, 0.3) is 0 Å². The molecule has 0 aliphatic rings. The molecule has 2 aromatic rings. The summed E-state index contributed by atoms with van der Waals surface area (Å²) in [5.41, 5.74) is 2.33. The van der Waals surface area contributed by atoms with Crippen LogP contribution in [0.1, 0.15) is 17.3 Å². The molecule has 0 atom stereocenters. The Balaban J connectivity index is 2.45. The number of hydrogen-bond donors (Lipinski definition) is 0. The number of ether oxygens (including phenoxy) is 3. The second-order valence-electron chi connectivity index (χ2n) is 4.39. The minimum atomic E-state index is 0.169. The van der Waals surface area contributed by atoms with Gasteiger partial charge in [0.1, 0.15) is 17.8 Å². The van der Waals surface area contributed by atoms with Crippen LogP contribution in [-0.2, 0) is 4.74 Å². The van der Waals surface area contributed by atoms with Crippen molar-refractivity contribution in [1.82, 2.24) is 0 Å². The fourth-order valence-electron chi connectivity index (χ4n) is 2.05. The molecule has 4 heteroatoms. The number of hydrogen-bond acceptors (Lipinski definition) is 4. The average molecular weight is 286 g/mol. The van der Waals surface area contributed by atoms with Crippen molar-refractivity contribution in [2.45, 2.75) is 6.92 Å². The molecular formula is C17H18O4. The molecule has 0 aliphatic carbocycles. The monoisotopic (exact) mass is 286 g/mol. The van der Waals surface area contributed by atoms with Gasteiger partial charge in [-0.05, 0) is 36.8 Å². The highest BCUT2D eigenvalue weighted by Crippen LogP contribution is 2.32. The van der Waals surface area contributed by atoms with Gasteiger partial charge in [-0.2, -0.15) is 0 Å². The summed E-state index contributed by atoms with van der Waals surface area (Å²) in [4.78, 5) is 11.1. The number of rotatable bonds is 7. The van der Waals surface area contributed by atoms with E-state index < -0.39 is 0 Å². The Hall–Kier alpha value is -2.33. The molecular weight excluding hydrogens is 268 g/mol. The highest BCUT2D eigenvalue weighted by atomic mass is 16.7.